The first-order valence-corrected chi connectivity index (χ1v) is 8.75. The van der Waals surface area contributed by atoms with Crippen molar-refractivity contribution in [2.75, 3.05) is 18.5 Å². The molecule has 0 bridgehead atoms. The zero-order valence-electron chi connectivity index (χ0n) is 16.1. The maximum atomic E-state index is 12.1. The van der Waals surface area contributed by atoms with Gasteiger partial charge in [0, 0.05) is 18.0 Å². The number of aromatic nitrogens is 1. The minimum atomic E-state index is -0.670. The highest BCUT2D eigenvalue weighted by molar-refractivity contribution is 5.96. The number of nitrogens with zero attached hydrogens (tertiary/aromatic N) is 1. The van der Waals surface area contributed by atoms with E-state index in [1.54, 1.807) is 24.4 Å². The minimum absolute atomic E-state index is 0.215. The molecule has 2 rings (SSSR count). The van der Waals surface area contributed by atoms with Gasteiger partial charge in [-0.25, -0.2) is 4.79 Å². The molecule has 0 saturated heterocycles. The van der Waals surface area contributed by atoms with E-state index < -0.39 is 18.5 Å². The smallest absolute Gasteiger partial charge is 0.331 e. The van der Waals surface area contributed by atoms with Crippen molar-refractivity contribution >= 4 is 29.5 Å². The molecule has 1 heterocycles. The lowest BCUT2D eigenvalue weighted by molar-refractivity contribution is -0.143. The van der Waals surface area contributed by atoms with Gasteiger partial charge in [-0.15, -0.1) is 0 Å². The van der Waals surface area contributed by atoms with E-state index in [1.165, 1.54) is 12.2 Å². The van der Waals surface area contributed by atoms with Crippen molar-refractivity contribution in [1.29, 1.82) is 0 Å². The summed E-state index contributed by atoms with van der Waals surface area (Å²) in [7, 11) is 0. The van der Waals surface area contributed by atoms with E-state index in [0.717, 1.165) is 22.4 Å². The number of hydrogen-bond donors (Lipinski definition) is 2. The SMILES string of the molecule is Cc1cc(C)c(NC(=O)CNC(=O)COC(=O)C=Cc2ccccn2)c(C)c1. The average molecular weight is 381 g/mol. The third-order valence-electron chi connectivity index (χ3n) is 3.81. The van der Waals surface area contributed by atoms with Crippen LogP contribution in [0.1, 0.15) is 22.4 Å². The van der Waals surface area contributed by atoms with Crippen molar-refractivity contribution in [1.82, 2.24) is 10.3 Å². The van der Waals surface area contributed by atoms with E-state index in [0.29, 0.717) is 5.69 Å². The first kappa shape index (κ1) is 20.8. The molecule has 0 aliphatic carbocycles. The quantitative estimate of drug-likeness (QED) is 0.567. The highest BCUT2D eigenvalue weighted by Gasteiger charge is 2.11. The van der Waals surface area contributed by atoms with Gasteiger partial charge < -0.3 is 15.4 Å². The van der Waals surface area contributed by atoms with Crippen LogP contribution in [-0.2, 0) is 19.1 Å². The number of anilines is 1. The first-order valence-electron chi connectivity index (χ1n) is 8.75. The van der Waals surface area contributed by atoms with Crippen LogP contribution in [0.15, 0.2) is 42.6 Å². The predicted molar refractivity (Wildman–Crippen MR) is 107 cm³/mol. The van der Waals surface area contributed by atoms with Crippen LogP contribution in [-0.4, -0.2) is 35.9 Å². The summed E-state index contributed by atoms with van der Waals surface area (Å²) in [5.74, 6) is -1.59. The number of carbonyl (C=O) groups excluding carboxylic acids is 3. The van der Waals surface area contributed by atoms with Gasteiger partial charge in [0.25, 0.3) is 5.91 Å². The molecule has 0 saturated carbocycles. The summed E-state index contributed by atoms with van der Waals surface area (Å²) in [6.45, 7) is 5.12. The predicted octanol–water partition coefficient (Wildman–Crippen LogP) is 2.32. The molecule has 28 heavy (non-hydrogen) atoms. The molecule has 0 unspecified atom stereocenters. The summed E-state index contributed by atoms with van der Waals surface area (Å²) in [6.07, 6.45) is 4.27. The van der Waals surface area contributed by atoms with Crippen LogP contribution in [0.3, 0.4) is 0 Å². The van der Waals surface area contributed by atoms with E-state index in [4.69, 9.17) is 4.74 Å². The van der Waals surface area contributed by atoms with E-state index in [1.807, 2.05) is 32.9 Å². The van der Waals surface area contributed by atoms with Crippen molar-refractivity contribution < 1.29 is 19.1 Å². The molecule has 0 aliphatic rings. The fraction of sp³-hybridized carbons (Fsp3) is 0.238. The van der Waals surface area contributed by atoms with Crippen LogP contribution in [0.2, 0.25) is 0 Å². The van der Waals surface area contributed by atoms with E-state index in [2.05, 4.69) is 15.6 Å². The lowest BCUT2D eigenvalue weighted by Gasteiger charge is -2.13. The van der Waals surface area contributed by atoms with Gasteiger partial charge in [0.05, 0.1) is 12.2 Å². The molecular formula is C21H23N3O4. The summed E-state index contributed by atoms with van der Waals surface area (Å²) in [5, 5.41) is 5.20. The number of benzene rings is 1. The van der Waals surface area contributed by atoms with E-state index in [-0.39, 0.29) is 12.5 Å². The van der Waals surface area contributed by atoms with Crippen molar-refractivity contribution in [3.63, 3.8) is 0 Å². The Labute approximate surface area is 163 Å². The maximum Gasteiger partial charge on any atom is 0.331 e. The van der Waals surface area contributed by atoms with Gasteiger partial charge in [-0.2, -0.15) is 0 Å². The zero-order chi connectivity index (χ0) is 20.5. The van der Waals surface area contributed by atoms with Crippen LogP contribution >= 0.6 is 0 Å². The number of esters is 1. The Morgan fingerprint density at radius 1 is 1.07 bits per heavy atom. The summed E-state index contributed by atoms with van der Waals surface area (Å²) >= 11 is 0. The third-order valence-corrected chi connectivity index (χ3v) is 3.81. The largest absolute Gasteiger partial charge is 0.452 e. The minimum Gasteiger partial charge on any atom is -0.452 e. The molecular weight excluding hydrogens is 358 g/mol. The Morgan fingerprint density at radius 2 is 1.79 bits per heavy atom. The van der Waals surface area contributed by atoms with Gasteiger partial charge in [0.15, 0.2) is 6.61 Å². The molecule has 0 spiro atoms. The normalized spacial score (nSPS) is 10.5. The van der Waals surface area contributed by atoms with Crippen LogP contribution in [0, 0.1) is 20.8 Å². The zero-order valence-corrected chi connectivity index (χ0v) is 16.1. The topological polar surface area (TPSA) is 97.4 Å². The second kappa shape index (κ2) is 10.0. The molecule has 0 aliphatic heterocycles. The van der Waals surface area contributed by atoms with Crippen molar-refractivity contribution in [2.24, 2.45) is 0 Å². The highest BCUT2D eigenvalue weighted by atomic mass is 16.5. The Kier molecular flexibility index (Phi) is 7.45. The molecule has 7 nitrogen and oxygen atoms in total. The number of aryl methyl sites for hydroxylation is 3. The maximum absolute atomic E-state index is 12.1. The lowest BCUT2D eigenvalue weighted by atomic mass is 10.1. The number of amides is 2. The molecule has 1 aromatic carbocycles. The van der Waals surface area contributed by atoms with Gasteiger partial charge in [-0.3, -0.25) is 14.6 Å². The molecule has 2 amide bonds. The molecule has 7 heteroatoms. The Balaban J connectivity index is 1.74. The van der Waals surface area contributed by atoms with Gasteiger partial charge in [-0.1, -0.05) is 23.8 Å². The van der Waals surface area contributed by atoms with E-state index in [9.17, 15) is 14.4 Å². The van der Waals surface area contributed by atoms with Crippen LogP contribution in [0.5, 0.6) is 0 Å². The fourth-order valence-corrected chi connectivity index (χ4v) is 2.60. The molecule has 1 aromatic heterocycles. The Hall–Kier alpha value is -3.48. The number of pyridine rings is 1. The number of ether oxygens (including phenoxy) is 1. The standard InChI is InChI=1S/C21H23N3O4/c1-14-10-15(2)21(16(3)11-14)24-18(25)12-23-19(26)13-28-20(27)8-7-17-6-4-5-9-22-17/h4-11H,12-13H2,1-3H3,(H,23,26)(H,24,25). The second-order valence-corrected chi connectivity index (χ2v) is 6.29. The lowest BCUT2D eigenvalue weighted by Crippen LogP contribution is -2.35. The molecule has 2 aromatic rings. The highest BCUT2D eigenvalue weighted by Crippen LogP contribution is 2.21. The Bertz CT molecular complexity index is 869. The van der Waals surface area contributed by atoms with Crippen molar-refractivity contribution in [2.45, 2.75) is 20.8 Å². The number of rotatable bonds is 7. The second-order valence-electron chi connectivity index (χ2n) is 6.29. The first-order chi connectivity index (χ1) is 13.3. The summed E-state index contributed by atoms with van der Waals surface area (Å²) in [5.41, 5.74) is 4.34. The summed E-state index contributed by atoms with van der Waals surface area (Å²) in [6, 6.07) is 9.22. The number of hydrogen-bond acceptors (Lipinski definition) is 5. The third kappa shape index (κ3) is 6.68. The van der Waals surface area contributed by atoms with Gasteiger partial charge >= 0.3 is 5.97 Å². The van der Waals surface area contributed by atoms with Crippen molar-refractivity contribution in [3.05, 3.63) is 65.0 Å². The average Bonchev–Trinajstić information content (AvgIpc) is 2.66. The molecule has 0 fully saturated rings. The number of carbonyl (C=O) groups is 3. The monoisotopic (exact) mass is 381 g/mol. The van der Waals surface area contributed by atoms with Gasteiger partial charge in [0.1, 0.15) is 0 Å². The molecule has 0 radical (unpaired) electrons. The molecule has 0 atom stereocenters. The molecule has 2 N–H and O–H groups in total. The molecule has 146 valence electrons. The van der Waals surface area contributed by atoms with Crippen LogP contribution in [0.25, 0.3) is 6.08 Å². The van der Waals surface area contributed by atoms with Crippen LogP contribution < -0.4 is 10.6 Å². The van der Waals surface area contributed by atoms with Crippen LogP contribution in [0.4, 0.5) is 5.69 Å². The summed E-state index contributed by atoms with van der Waals surface area (Å²) in [4.78, 5) is 39.4. The summed E-state index contributed by atoms with van der Waals surface area (Å²) < 4.78 is 4.83. The van der Waals surface area contributed by atoms with Crippen molar-refractivity contribution in [3.8, 4) is 0 Å². The Morgan fingerprint density at radius 3 is 2.43 bits per heavy atom. The number of nitrogens with one attached hydrogen (secondary N) is 2. The van der Waals surface area contributed by atoms with Gasteiger partial charge in [0.2, 0.25) is 5.91 Å². The van der Waals surface area contributed by atoms with Gasteiger partial charge in [-0.05, 0) is 50.1 Å². The fourth-order valence-electron chi connectivity index (χ4n) is 2.60. The van der Waals surface area contributed by atoms with E-state index >= 15 is 0 Å².